The van der Waals surface area contributed by atoms with E-state index in [-0.39, 0.29) is 11.4 Å². The quantitative estimate of drug-likeness (QED) is 0.897. The number of carbonyl (C=O) groups excluding carboxylic acids is 1. The van der Waals surface area contributed by atoms with Gasteiger partial charge in [-0.1, -0.05) is 12.8 Å². The molecule has 0 saturated heterocycles. The number of anilines is 1. The number of benzene rings is 1. The molecule has 0 atom stereocenters. The van der Waals surface area contributed by atoms with E-state index < -0.39 is 5.79 Å². The summed E-state index contributed by atoms with van der Waals surface area (Å²) >= 11 is 0. The summed E-state index contributed by atoms with van der Waals surface area (Å²) in [4.78, 5) is 12.1. The summed E-state index contributed by atoms with van der Waals surface area (Å²) in [6.45, 7) is 3.70. The van der Waals surface area contributed by atoms with Gasteiger partial charge in [-0.25, -0.2) is 0 Å². The van der Waals surface area contributed by atoms with Crippen LogP contribution in [0, 0.1) is 0 Å². The van der Waals surface area contributed by atoms with Crippen LogP contribution in [0.25, 0.3) is 0 Å². The second-order valence-electron chi connectivity index (χ2n) is 6.56. The van der Waals surface area contributed by atoms with E-state index in [1.807, 2.05) is 26.0 Å². The Kier molecular flexibility index (Phi) is 3.32. The lowest BCUT2D eigenvalue weighted by Crippen LogP contribution is -2.40. The zero-order valence-electron chi connectivity index (χ0n) is 12.6. The minimum absolute atomic E-state index is 0.0440. The third-order valence-electron chi connectivity index (χ3n) is 4.05. The zero-order chi connectivity index (χ0) is 15.1. The van der Waals surface area contributed by atoms with Gasteiger partial charge in [-0.2, -0.15) is 0 Å². The topological polar surface area (TPSA) is 73.6 Å². The summed E-state index contributed by atoms with van der Waals surface area (Å²) in [5.74, 6) is 0.651. The Morgan fingerprint density at radius 3 is 2.62 bits per heavy atom. The smallest absolute Gasteiger partial charge is 0.246 e. The highest BCUT2D eigenvalue weighted by Gasteiger charge is 2.33. The van der Waals surface area contributed by atoms with E-state index in [0.29, 0.717) is 23.6 Å². The molecule has 1 aliphatic heterocycles. The van der Waals surface area contributed by atoms with Crippen LogP contribution in [-0.4, -0.2) is 17.2 Å². The number of carbonyl (C=O) groups is 1. The number of nitrogens with one attached hydrogen (secondary N) is 1. The van der Waals surface area contributed by atoms with Crippen LogP contribution in [0.2, 0.25) is 0 Å². The van der Waals surface area contributed by atoms with E-state index in [9.17, 15) is 4.79 Å². The molecular weight excluding hydrogens is 268 g/mol. The Hall–Kier alpha value is -1.75. The van der Waals surface area contributed by atoms with E-state index in [1.165, 1.54) is 0 Å². The number of amides is 1. The van der Waals surface area contributed by atoms with Gasteiger partial charge in [0, 0.05) is 37.6 Å². The number of nitrogens with two attached hydrogens (primary N) is 1. The van der Waals surface area contributed by atoms with Crippen LogP contribution in [0.4, 0.5) is 5.69 Å². The first-order chi connectivity index (χ1) is 9.85. The highest BCUT2D eigenvalue weighted by atomic mass is 16.7. The molecule has 0 unspecified atom stereocenters. The Balaban J connectivity index is 1.65. The summed E-state index contributed by atoms with van der Waals surface area (Å²) in [6.07, 6.45) is 4.45. The van der Waals surface area contributed by atoms with Crippen LogP contribution in [-0.2, 0) is 4.79 Å². The molecule has 114 valence electrons. The van der Waals surface area contributed by atoms with Crippen LogP contribution in [0.1, 0.15) is 46.0 Å². The second-order valence-corrected chi connectivity index (χ2v) is 6.56. The van der Waals surface area contributed by atoms with Crippen molar-refractivity contribution in [3.8, 4) is 11.5 Å². The van der Waals surface area contributed by atoms with E-state index in [0.717, 1.165) is 25.7 Å². The van der Waals surface area contributed by atoms with Crippen molar-refractivity contribution >= 4 is 11.6 Å². The Bertz CT molecular complexity index is 563. The van der Waals surface area contributed by atoms with Gasteiger partial charge in [0.2, 0.25) is 11.7 Å². The second kappa shape index (κ2) is 4.91. The van der Waals surface area contributed by atoms with Gasteiger partial charge in [0.15, 0.2) is 11.5 Å². The summed E-state index contributed by atoms with van der Waals surface area (Å²) in [5.41, 5.74) is 6.61. The lowest BCUT2D eigenvalue weighted by molar-refractivity contribution is -0.117. The van der Waals surface area contributed by atoms with Crippen LogP contribution in [0.15, 0.2) is 18.2 Å². The van der Waals surface area contributed by atoms with Crippen molar-refractivity contribution < 1.29 is 14.3 Å². The van der Waals surface area contributed by atoms with Crippen molar-refractivity contribution in [2.45, 2.75) is 57.3 Å². The fourth-order valence-corrected chi connectivity index (χ4v) is 3.08. The number of rotatable bonds is 3. The molecule has 0 radical (unpaired) electrons. The molecule has 1 amide bonds. The molecule has 2 aliphatic rings. The molecule has 1 saturated carbocycles. The molecule has 1 heterocycles. The molecule has 1 fully saturated rings. The molecule has 0 spiro atoms. The Labute approximate surface area is 124 Å². The van der Waals surface area contributed by atoms with Gasteiger partial charge >= 0.3 is 0 Å². The molecule has 5 heteroatoms. The molecule has 3 N–H and O–H groups in total. The fraction of sp³-hybridized carbons (Fsp3) is 0.562. The summed E-state index contributed by atoms with van der Waals surface area (Å²) in [7, 11) is 0. The molecule has 21 heavy (non-hydrogen) atoms. The average Bonchev–Trinajstić information content (AvgIpc) is 2.90. The third kappa shape index (κ3) is 3.13. The van der Waals surface area contributed by atoms with Gasteiger partial charge in [0.25, 0.3) is 0 Å². The molecule has 3 rings (SSSR count). The van der Waals surface area contributed by atoms with Crippen molar-refractivity contribution in [2.24, 2.45) is 5.73 Å². The number of hydrogen-bond donors (Lipinski definition) is 2. The van der Waals surface area contributed by atoms with Gasteiger partial charge in [0.05, 0.1) is 0 Å². The van der Waals surface area contributed by atoms with Crippen molar-refractivity contribution in [1.29, 1.82) is 0 Å². The lowest BCUT2D eigenvalue weighted by atomic mass is 9.94. The van der Waals surface area contributed by atoms with Crippen molar-refractivity contribution in [2.75, 3.05) is 5.32 Å². The maximum atomic E-state index is 12.1. The van der Waals surface area contributed by atoms with E-state index in [2.05, 4.69) is 5.32 Å². The number of ether oxygens (including phenoxy) is 2. The molecule has 1 aromatic carbocycles. The first kappa shape index (κ1) is 14.2. The largest absolute Gasteiger partial charge is 0.449 e. The van der Waals surface area contributed by atoms with Crippen LogP contribution >= 0.6 is 0 Å². The molecular formula is C16H22N2O3. The maximum absolute atomic E-state index is 12.1. The standard InChI is InChI=1S/C16H22N2O3/c1-15(2)20-12-6-5-11(9-13(12)21-15)18-14(19)10-16(17)7-3-4-8-16/h5-6,9H,3-4,7-8,10,17H2,1-2H3,(H,18,19). The van der Waals surface area contributed by atoms with Gasteiger partial charge < -0.3 is 20.5 Å². The summed E-state index contributed by atoms with van der Waals surface area (Å²) < 4.78 is 11.3. The monoisotopic (exact) mass is 290 g/mol. The molecule has 1 aliphatic carbocycles. The molecule has 1 aromatic rings. The molecule has 0 bridgehead atoms. The summed E-state index contributed by atoms with van der Waals surface area (Å²) in [5, 5.41) is 2.90. The predicted molar refractivity (Wildman–Crippen MR) is 80.4 cm³/mol. The average molecular weight is 290 g/mol. The normalized spacial score (nSPS) is 21.3. The number of fused-ring (bicyclic) bond motifs is 1. The Morgan fingerprint density at radius 1 is 1.24 bits per heavy atom. The van der Waals surface area contributed by atoms with Crippen LogP contribution in [0.5, 0.6) is 11.5 Å². The highest BCUT2D eigenvalue weighted by Crippen LogP contribution is 2.40. The minimum atomic E-state index is -0.657. The van der Waals surface area contributed by atoms with Crippen LogP contribution < -0.4 is 20.5 Å². The highest BCUT2D eigenvalue weighted by molar-refractivity contribution is 5.91. The summed E-state index contributed by atoms with van der Waals surface area (Å²) in [6, 6.07) is 5.42. The first-order valence-corrected chi connectivity index (χ1v) is 7.46. The SMILES string of the molecule is CC1(C)Oc2ccc(NC(=O)CC3(N)CCCC3)cc2O1. The van der Waals surface area contributed by atoms with Crippen molar-refractivity contribution in [1.82, 2.24) is 0 Å². The van der Waals surface area contributed by atoms with Crippen molar-refractivity contribution in [3.05, 3.63) is 18.2 Å². The van der Waals surface area contributed by atoms with E-state index >= 15 is 0 Å². The van der Waals surface area contributed by atoms with E-state index in [1.54, 1.807) is 6.07 Å². The lowest BCUT2D eigenvalue weighted by Gasteiger charge is -2.22. The number of hydrogen-bond acceptors (Lipinski definition) is 4. The Morgan fingerprint density at radius 2 is 1.90 bits per heavy atom. The predicted octanol–water partition coefficient (Wildman–Crippen LogP) is 2.79. The maximum Gasteiger partial charge on any atom is 0.246 e. The van der Waals surface area contributed by atoms with E-state index in [4.69, 9.17) is 15.2 Å². The van der Waals surface area contributed by atoms with Gasteiger partial charge in [-0.15, -0.1) is 0 Å². The third-order valence-corrected chi connectivity index (χ3v) is 4.05. The fourth-order valence-electron chi connectivity index (χ4n) is 3.08. The van der Waals surface area contributed by atoms with Gasteiger partial charge in [-0.3, -0.25) is 4.79 Å². The minimum Gasteiger partial charge on any atom is -0.449 e. The van der Waals surface area contributed by atoms with Crippen molar-refractivity contribution in [3.63, 3.8) is 0 Å². The van der Waals surface area contributed by atoms with Crippen LogP contribution in [0.3, 0.4) is 0 Å². The van der Waals surface area contributed by atoms with Gasteiger partial charge in [0.1, 0.15) is 0 Å². The molecule has 5 nitrogen and oxygen atoms in total. The first-order valence-electron chi connectivity index (χ1n) is 7.46. The molecule has 0 aromatic heterocycles. The van der Waals surface area contributed by atoms with Gasteiger partial charge in [-0.05, 0) is 25.0 Å². The zero-order valence-corrected chi connectivity index (χ0v) is 12.6.